The number of hydrogen-bond donors (Lipinski definition) is 1. The van der Waals surface area contributed by atoms with Crippen LogP contribution in [0.2, 0.25) is 0 Å². The Morgan fingerprint density at radius 2 is 2.21 bits per heavy atom. The molecule has 0 atom stereocenters. The minimum Gasteiger partial charge on any atom is -0.383 e. The number of carbonyl (C=O) groups excluding carboxylic acids is 1. The lowest BCUT2D eigenvalue weighted by molar-refractivity contribution is 0.0951. The van der Waals surface area contributed by atoms with E-state index in [9.17, 15) is 4.79 Å². The number of amides is 1. The molecule has 1 aliphatic carbocycles. The molecule has 7 heteroatoms. The molecule has 1 saturated carbocycles. The highest BCUT2D eigenvalue weighted by Crippen LogP contribution is 2.25. The summed E-state index contributed by atoms with van der Waals surface area (Å²) in [5.41, 5.74) is 2.89. The molecule has 0 bridgehead atoms. The molecule has 0 unspecified atom stereocenters. The van der Waals surface area contributed by atoms with Crippen LogP contribution in [-0.2, 0) is 11.3 Å². The summed E-state index contributed by atoms with van der Waals surface area (Å²) in [5.74, 6) is 0.820. The Kier molecular flexibility index (Phi) is 3.65. The van der Waals surface area contributed by atoms with Gasteiger partial charge in [-0.25, -0.2) is 4.98 Å². The van der Waals surface area contributed by atoms with Gasteiger partial charge in [-0.2, -0.15) is 0 Å². The molecule has 2 heterocycles. The molecular formula is C17H19N5O2. The van der Waals surface area contributed by atoms with E-state index in [1.807, 2.05) is 19.1 Å². The maximum absolute atomic E-state index is 12.3. The predicted molar refractivity (Wildman–Crippen MR) is 89.9 cm³/mol. The van der Waals surface area contributed by atoms with E-state index >= 15 is 0 Å². The van der Waals surface area contributed by atoms with Gasteiger partial charge in [0.25, 0.3) is 5.91 Å². The van der Waals surface area contributed by atoms with Gasteiger partial charge in [0.05, 0.1) is 17.6 Å². The molecule has 4 rings (SSSR count). The Morgan fingerprint density at radius 3 is 2.96 bits per heavy atom. The van der Waals surface area contributed by atoms with Crippen molar-refractivity contribution in [1.29, 1.82) is 0 Å². The highest BCUT2D eigenvalue weighted by molar-refractivity contribution is 6.05. The number of aromatic nitrogens is 4. The van der Waals surface area contributed by atoms with Crippen LogP contribution in [0.1, 0.15) is 29.0 Å². The fourth-order valence-corrected chi connectivity index (χ4v) is 2.89. The van der Waals surface area contributed by atoms with Crippen LogP contribution in [0.15, 0.2) is 18.2 Å². The van der Waals surface area contributed by atoms with Crippen molar-refractivity contribution >= 4 is 28.0 Å². The van der Waals surface area contributed by atoms with E-state index in [1.165, 1.54) is 0 Å². The lowest BCUT2D eigenvalue weighted by Gasteiger charge is -2.08. The Balaban J connectivity index is 1.85. The molecule has 0 radical (unpaired) electrons. The highest BCUT2D eigenvalue weighted by atomic mass is 16.5. The molecule has 1 aromatic carbocycles. The van der Waals surface area contributed by atoms with Crippen molar-refractivity contribution in [2.24, 2.45) is 0 Å². The third-order valence-electron chi connectivity index (χ3n) is 4.34. The molecule has 1 aliphatic rings. The van der Waals surface area contributed by atoms with Crippen LogP contribution in [-0.4, -0.2) is 45.4 Å². The number of carbonyl (C=O) groups is 1. The summed E-state index contributed by atoms with van der Waals surface area (Å²) < 4.78 is 7.26. The zero-order chi connectivity index (χ0) is 16.7. The Hall–Kier alpha value is -2.54. The number of aryl methyl sites for hydroxylation is 1. The van der Waals surface area contributed by atoms with E-state index in [0.29, 0.717) is 30.4 Å². The van der Waals surface area contributed by atoms with E-state index in [0.717, 1.165) is 35.1 Å². The molecule has 1 amide bonds. The lowest BCUT2D eigenvalue weighted by atomic mass is 10.1. The molecule has 1 N–H and O–H groups in total. The number of fused-ring (bicyclic) bond motifs is 3. The Bertz CT molecular complexity index is 930. The van der Waals surface area contributed by atoms with Gasteiger partial charge in [-0.05, 0) is 38.0 Å². The molecule has 0 saturated heterocycles. The monoisotopic (exact) mass is 325 g/mol. The molecule has 124 valence electrons. The van der Waals surface area contributed by atoms with Crippen LogP contribution in [0.3, 0.4) is 0 Å². The van der Waals surface area contributed by atoms with Crippen LogP contribution in [0, 0.1) is 6.92 Å². The number of nitrogens with zero attached hydrogens (tertiary/aromatic N) is 4. The second-order valence-electron chi connectivity index (χ2n) is 6.16. The number of methoxy groups -OCH3 is 1. The number of rotatable bonds is 5. The lowest BCUT2D eigenvalue weighted by Crippen LogP contribution is -2.25. The molecule has 7 nitrogen and oxygen atoms in total. The van der Waals surface area contributed by atoms with Crippen molar-refractivity contribution in [2.45, 2.75) is 32.4 Å². The maximum atomic E-state index is 12.3. The minimum atomic E-state index is -0.0379. The fraction of sp³-hybridized carbons (Fsp3) is 0.412. The molecule has 0 spiro atoms. The van der Waals surface area contributed by atoms with Crippen molar-refractivity contribution in [3.63, 3.8) is 0 Å². The minimum absolute atomic E-state index is 0.0379. The summed E-state index contributed by atoms with van der Waals surface area (Å²) in [6, 6.07) is 5.85. The highest BCUT2D eigenvalue weighted by Gasteiger charge is 2.24. The zero-order valence-corrected chi connectivity index (χ0v) is 13.7. The largest absolute Gasteiger partial charge is 0.383 e. The molecule has 3 aromatic rings. The third kappa shape index (κ3) is 2.60. The molecule has 2 aromatic heterocycles. The van der Waals surface area contributed by atoms with Gasteiger partial charge in [-0.15, -0.1) is 10.2 Å². The van der Waals surface area contributed by atoms with Crippen LogP contribution < -0.4 is 5.32 Å². The summed E-state index contributed by atoms with van der Waals surface area (Å²) in [7, 11) is 1.67. The third-order valence-corrected chi connectivity index (χ3v) is 4.34. The number of ether oxygens (including phenoxy) is 1. The second kappa shape index (κ2) is 5.83. The van der Waals surface area contributed by atoms with Gasteiger partial charge in [-0.1, -0.05) is 0 Å². The first-order chi connectivity index (χ1) is 11.7. The van der Waals surface area contributed by atoms with Gasteiger partial charge in [-0.3, -0.25) is 4.79 Å². The first-order valence-corrected chi connectivity index (χ1v) is 8.10. The summed E-state index contributed by atoms with van der Waals surface area (Å²) >= 11 is 0. The van der Waals surface area contributed by atoms with Crippen molar-refractivity contribution in [1.82, 2.24) is 25.1 Å². The van der Waals surface area contributed by atoms with Crippen molar-refractivity contribution in [3.8, 4) is 0 Å². The van der Waals surface area contributed by atoms with Crippen LogP contribution >= 0.6 is 0 Å². The Morgan fingerprint density at radius 1 is 1.38 bits per heavy atom. The zero-order valence-electron chi connectivity index (χ0n) is 13.7. The quantitative estimate of drug-likeness (QED) is 0.774. The summed E-state index contributed by atoms with van der Waals surface area (Å²) in [4.78, 5) is 16.8. The number of benzene rings is 1. The van der Waals surface area contributed by atoms with Crippen LogP contribution in [0.5, 0.6) is 0 Å². The first-order valence-electron chi connectivity index (χ1n) is 8.10. The van der Waals surface area contributed by atoms with E-state index in [-0.39, 0.29) is 5.91 Å². The summed E-state index contributed by atoms with van der Waals surface area (Å²) in [6.07, 6.45) is 2.13. The fourth-order valence-electron chi connectivity index (χ4n) is 2.89. The summed E-state index contributed by atoms with van der Waals surface area (Å²) in [5, 5.41) is 12.3. The molecular weight excluding hydrogens is 306 g/mol. The number of imidazole rings is 1. The number of hydrogen-bond acceptors (Lipinski definition) is 5. The molecule has 0 aliphatic heterocycles. The Labute approximate surface area is 139 Å². The van der Waals surface area contributed by atoms with Crippen molar-refractivity contribution < 1.29 is 9.53 Å². The van der Waals surface area contributed by atoms with Gasteiger partial charge < -0.3 is 14.6 Å². The maximum Gasteiger partial charge on any atom is 0.251 e. The van der Waals surface area contributed by atoms with Crippen molar-refractivity contribution in [2.75, 3.05) is 13.7 Å². The van der Waals surface area contributed by atoms with Gasteiger partial charge in [0.1, 0.15) is 5.82 Å². The predicted octanol–water partition coefficient (Wildman–Crippen LogP) is 1.83. The van der Waals surface area contributed by atoms with Gasteiger partial charge in [0.2, 0.25) is 5.65 Å². The van der Waals surface area contributed by atoms with E-state index < -0.39 is 0 Å². The van der Waals surface area contributed by atoms with Gasteiger partial charge in [0.15, 0.2) is 0 Å². The van der Waals surface area contributed by atoms with Crippen LogP contribution in [0.4, 0.5) is 0 Å². The number of nitrogens with one attached hydrogen (secondary N) is 1. The van der Waals surface area contributed by atoms with Gasteiger partial charge >= 0.3 is 0 Å². The van der Waals surface area contributed by atoms with Gasteiger partial charge in [0, 0.05) is 30.6 Å². The van der Waals surface area contributed by atoms with Crippen LogP contribution in [0.25, 0.3) is 22.1 Å². The van der Waals surface area contributed by atoms with E-state index in [4.69, 9.17) is 4.74 Å². The molecule has 1 fully saturated rings. The smallest absolute Gasteiger partial charge is 0.251 e. The first kappa shape index (κ1) is 15.0. The summed E-state index contributed by atoms with van der Waals surface area (Å²) in [6.45, 7) is 3.20. The average Bonchev–Trinajstić information content (AvgIpc) is 3.33. The van der Waals surface area contributed by atoms with E-state index in [1.54, 1.807) is 13.2 Å². The SMILES string of the molecule is COCCn1c(C)nc2nnc3ccc(C(=O)NC4CC4)cc3c21. The second-order valence-corrected chi connectivity index (χ2v) is 6.16. The average molecular weight is 325 g/mol. The standard InChI is InChI=1S/C17H19N5O2/c1-10-18-16-15(22(10)7-8-24-2)13-9-11(3-6-14(13)20-21-16)17(23)19-12-4-5-12/h3,6,9,12H,4-5,7-8H2,1-2H3,(H,19,23). The molecule has 24 heavy (non-hydrogen) atoms. The van der Waals surface area contributed by atoms with E-state index in [2.05, 4.69) is 25.1 Å². The normalized spacial score (nSPS) is 14.4. The topological polar surface area (TPSA) is 81.9 Å². The van der Waals surface area contributed by atoms with Crippen molar-refractivity contribution in [3.05, 3.63) is 29.6 Å².